The summed E-state index contributed by atoms with van der Waals surface area (Å²) >= 11 is 5.92. The van der Waals surface area contributed by atoms with E-state index in [0.717, 1.165) is 12.8 Å². The van der Waals surface area contributed by atoms with Crippen LogP contribution in [0.5, 0.6) is 5.75 Å². The van der Waals surface area contributed by atoms with Crippen molar-refractivity contribution in [1.82, 2.24) is 5.32 Å². The van der Waals surface area contributed by atoms with Crippen molar-refractivity contribution in [2.45, 2.75) is 26.2 Å². The molecule has 0 saturated carbocycles. The highest BCUT2D eigenvalue weighted by atomic mass is 35.5. The van der Waals surface area contributed by atoms with Crippen LogP contribution in [0.15, 0.2) is 24.3 Å². The summed E-state index contributed by atoms with van der Waals surface area (Å²) in [6.07, 6.45) is 2.54. The van der Waals surface area contributed by atoms with Crippen molar-refractivity contribution < 1.29 is 9.53 Å². The Labute approximate surface area is 107 Å². The first kappa shape index (κ1) is 13.8. The highest BCUT2D eigenvalue weighted by molar-refractivity contribution is 6.32. The average Bonchev–Trinajstić information content (AvgIpc) is 2.34. The van der Waals surface area contributed by atoms with Crippen molar-refractivity contribution in [3.63, 3.8) is 0 Å². The van der Waals surface area contributed by atoms with Gasteiger partial charge in [0.1, 0.15) is 12.4 Å². The summed E-state index contributed by atoms with van der Waals surface area (Å²) in [5, 5.41) is 3.39. The molecule has 17 heavy (non-hydrogen) atoms. The molecule has 94 valence electrons. The third-order valence-corrected chi connectivity index (χ3v) is 2.59. The Morgan fingerprint density at radius 3 is 2.88 bits per heavy atom. The SMILES string of the molecule is CCCCC(=O)NCCOc1ccccc1Cl. The highest BCUT2D eigenvalue weighted by Gasteiger charge is 2.01. The number of para-hydroxylation sites is 1. The number of nitrogens with one attached hydrogen (secondary N) is 1. The van der Waals surface area contributed by atoms with Crippen molar-refractivity contribution in [3.05, 3.63) is 29.3 Å². The summed E-state index contributed by atoms with van der Waals surface area (Å²) in [6.45, 7) is 3.00. The van der Waals surface area contributed by atoms with Gasteiger partial charge >= 0.3 is 0 Å². The van der Waals surface area contributed by atoms with Gasteiger partial charge in [-0.25, -0.2) is 0 Å². The van der Waals surface area contributed by atoms with Crippen molar-refractivity contribution >= 4 is 17.5 Å². The third kappa shape index (κ3) is 5.59. The molecule has 0 radical (unpaired) electrons. The summed E-state index contributed by atoms with van der Waals surface area (Å²) in [7, 11) is 0. The van der Waals surface area contributed by atoms with Gasteiger partial charge in [0.15, 0.2) is 0 Å². The maximum Gasteiger partial charge on any atom is 0.220 e. The van der Waals surface area contributed by atoms with E-state index >= 15 is 0 Å². The molecule has 1 rings (SSSR count). The van der Waals surface area contributed by atoms with E-state index in [4.69, 9.17) is 16.3 Å². The van der Waals surface area contributed by atoms with Crippen molar-refractivity contribution in [2.75, 3.05) is 13.2 Å². The average molecular weight is 256 g/mol. The Morgan fingerprint density at radius 1 is 1.41 bits per heavy atom. The second-order valence-electron chi connectivity index (χ2n) is 3.73. The van der Waals surface area contributed by atoms with E-state index in [1.54, 1.807) is 12.1 Å². The number of hydrogen-bond acceptors (Lipinski definition) is 2. The molecule has 1 aromatic carbocycles. The van der Waals surface area contributed by atoms with Crippen LogP contribution < -0.4 is 10.1 Å². The van der Waals surface area contributed by atoms with Gasteiger partial charge in [-0.3, -0.25) is 4.79 Å². The zero-order valence-electron chi connectivity index (χ0n) is 10.0. The zero-order chi connectivity index (χ0) is 12.5. The van der Waals surface area contributed by atoms with E-state index in [1.165, 1.54) is 0 Å². The minimum absolute atomic E-state index is 0.0783. The van der Waals surface area contributed by atoms with E-state index in [2.05, 4.69) is 12.2 Å². The second kappa shape index (κ2) is 7.96. The molecule has 1 aromatic rings. The van der Waals surface area contributed by atoms with Crippen molar-refractivity contribution in [3.8, 4) is 5.75 Å². The van der Waals surface area contributed by atoms with Crippen LogP contribution in [0.4, 0.5) is 0 Å². The van der Waals surface area contributed by atoms with E-state index in [0.29, 0.717) is 30.3 Å². The first-order chi connectivity index (χ1) is 8.24. The number of unbranched alkanes of at least 4 members (excludes halogenated alkanes) is 1. The number of carbonyl (C=O) groups is 1. The fourth-order valence-electron chi connectivity index (χ4n) is 1.34. The molecule has 0 aliphatic carbocycles. The monoisotopic (exact) mass is 255 g/mol. The van der Waals surface area contributed by atoms with Crippen LogP contribution in [0.25, 0.3) is 0 Å². The number of amides is 1. The maximum atomic E-state index is 11.3. The Hall–Kier alpha value is -1.22. The highest BCUT2D eigenvalue weighted by Crippen LogP contribution is 2.22. The minimum atomic E-state index is 0.0783. The lowest BCUT2D eigenvalue weighted by Crippen LogP contribution is -2.27. The van der Waals surface area contributed by atoms with Crippen LogP contribution in [0.1, 0.15) is 26.2 Å². The van der Waals surface area contributed by atoms with Crippen LogP contribution in [-0.4, -0.2) is 19.1 Å². The quantitative estimate of drug-likeness (QED) is 0.761. The van der Waals surface area contributed by atoms with Gasteiger partial charge in [-0.1, -0.05) is 37.1 Å². The molecule has 1 amide bonds. The summed E-state index contributed by atoms with van der Waals surface area (Å²) in [5.74, 6) is 0.728. The number of hydrogen-bond donors (Lipinski definition) is 1. The lowest BCUT2D eigenvalue weighted by atomic mass is 10.2. The Morgan fingerprint density at radius 2 is 2.18 bits per heavy atom. The molecule has 0 fully saturated rings. The van der Waals surface area contributed by atoms with Gasteiger partial charge in [-0.15, -0.1) is 0 Å². The molecule has 0 aliphatic rings. The van der Waals surface area contributed by atoms with Gasteiger partial charge in [0.05, 0.1) is 11.6 Å². The van der Waals surface area contributed by atoms with Crippen LogP contribution in [0.2, 0.25) is 5.02 Å². The van der Waals surface area contributed by atoms with Crippen LogP contribution in [-0.2, 0) is 4.79 Å². The van der Waals surface area contributed by atoms with Crippen molar-refractivity contribution in [2.24, 2.45) is 0 Å². The molecule has 0 atom stereocenters. The first-order valence-corrected chi connectivity index (χ1v) is 6.26. The molecular formula is C13H18ClNO2. The Kier molecular flexibility index (Phi) is 6.48. The predicted octanol–water partition coefficient (Wildman–Crippen LogP) is 3.03. The topological polar surface area (TPSA) is 38.3 Å². The fourth-order valence-corrected chi connectivity index (χ4v) is 1.53. The van der Waals surface area contributed by atoms with E-state index in [-0.39, 0.29) is 5.91 Å². The van der Waals surface area contributed by atoms with Gasteiger partial charge < -0.3 is 10.1 Å². The lowest BCUT2D eigenvalue weighted by Gasteiger charge is -2.08. The molecule has 0 bridgehead atoms. The largest absolute Gasteiger partial charge is 0.490 e. The standard InChI is InChI=1S/C13H18ClNO2/c1-2-3-8-13(16)15-9-10-17-12-7-5-4-6-11(12)14/h4-7H,2-3,8-10H2,1H3,(H,15,16). The van der Waals surface area contributed by atoms with Crippen LogP contribution in [0.3, 0.4) is 0 Å². The zero-order valence-corrected chi connectivity index (χ0v) is 10.8. The van der Waals surface area contributed by atoms with Gasteiger partial charge in [0.2, 0.25) is 5.91 Å². The van der Waals surface area contributed by atoms with E-state index < -0.39 is 0 Å². The van der Waals surface area contributed by atoms with E-state index in [1.807, 2.05) is 12.1 Å². The lowest BCUT2D eigenvalue weighted by molar-refractivity contribution is -0.121. The van der Waals surface area contributed by atoms with Gasteiger partial charge in [-0.05, 0) is 18.6 Å². The van der Waals surface area contributed by atoms with Gasteiger partial charge in [-0.2, -0.15) is 0 Å². The number of ether oxygens (including phenoxy) is 1. The van der Waals surface area contributed by atoms with Gasteiger partial charge in [0.25, 0.3) is 0 Å². The Balaban J connectivity index is 2.16. The molecule has 0 heterocycles. The first-order valence-electron chi connectivity index (χ1n) is 5.88. The molecule has 0 aliphatic heterocycles. The van der Waals surface area contributed by atoms with Crippen LogP contribution in [0, 0.1) is 0 Å². The summed E-state index contributed by atoms with van der Waals surface area (Å²) in [6, 6.07) is 7.29. The summed E-state index contributed by atoms with van der Waals surface area (Å²) in [5.41, 5.74) is 0. The Bertz CT molecular complexity index is 355. The number of carbonyl (C=O) groups excluding carboxylic acids is 1. The molecule has 0 aromatic heterocycles. The molecule has 1 N–H and O–H groups in total. The summed E-state index contributed by atoms with van der Waals surface area (Å²) in [4.78, 5) is 11.3. The molecule has 4 heteroatoms. The number of halogens is 1. The molecule has 0 spiro atoms. The number of benzene rings is 1. The van der Waals surface area contributed by atoms with E-state index in [9.17, 15) is 4.79 Å². The second-order valence-corrected chi connectivity index (χ2v) is 4.14. The smallest absolute Gasteiger partial charge is 0.220 e. The molecule has 0 unspecified atom stereocenters. The molecule has 3 nitrogen and oxygen atoms in total. The van der Waals surface area contributed by atoms with Crippen molar-refractivity contribution in [1.29, 1.82) is 0 Å². The third-order valence-electron chi connectivity index (χ3n) is 2.28. The number of rotatable bonds is 7. The molecular weight excluding hydrogens is 238 g/mol. The normalized spacial score (nSPS) is 10.0. The summed E-state index contributed by atoms with van der Waals surface area (Å²) < 4.78 is 5.44. The minimum Gasteiger partial charge on any atom is -0.490 e. The maximum absolute atomic E-state index is 11.3. The fraction of sp³-hybridized carbons (Fsp3) is 0.462. The van der Waals surface area contributed by atoms with Crippen LogP contribution >= 0.6 is 11.6 Å². The predicted molar refractivity (Wildman–Crippen MR) is 69.5 cm³/mol. The molecule has 0 saturated heterocycles. The van der Waals surface area contributed by atoms with Gasteiger partial charge in [0, 0.05) is 6.42 Å².